The third-order valence-electron chi connectivity index (χ3n) is 9.75. The van der Waals surface area contributed by atoms with Gasteiger partial charge in [-0.2, -0.15) is 5.10 Å². The Hall–Kier alpha value is -3.67. The average Bonchev–Trinajstić information content (AvgIpc) is 3.48. The SMILES string of the molecule is CO[C@H]1/C=C/CCCS(=O)(NC(=O)CCn2cc(C)cn2)=NC(=O)c2ccc3c(c2)N(Cc2ccc(Cl)cc2CCCCO3)C[C@@H]2CC[C@H]21. The standard InChI is InChI=1S/C37H46ClN5O5S/c1-26-22-39-43(23-26)17-16-36(44)40-49(46)19-7-3-4-9-34(47-2)32-14-11-30(32)25-42-24-29-10-13-31(38)20-27(29)8-5-6-18-48-35-15-12-28(21-33(35)42)37(45)41-49/h4,9-10,12-13,15,20-23,30,32,34H,3,5-8,11,14,16-19,24-25H2,1-2H3,(H,40,41,44,45,46)/b9-4+/t30-,32+,34-,49?/m0/s1. The van der Waals surface area contributed by atoms with Crippen molar-refractivity contribution in [2.75, 3.05) is 30.9 Å². The number of aryl methyl sites for hydroxylation is 3. The Labute approximate surface area is 294 Å². The van der Waals surface area contributed by atoms with Crippen molar-refractivity contribution < 1.29 is 23.3 Å². The Morgan fingerprint density at radius 3 is 2.80 bits per heavy atom. The minimum Gasteiger partial charge on any atom is -0.491 e. The molecule has 6 rings (SSSR count). The molecular formula is C37H46ClN5O5S. The van der Waals surface area contributed by atoms with Gasteiger partial charge in [-0.05, 0) is 111 Å². The summed E-state index contributed by atoms with van der Waals surface area (Å²) < 4.78 is 35.1. The molecule has 12 heteroatoms. The minimum atomic E-state index is -3.42. The van der Waals surface area contributed by atoms with Crippen molar-refractivity contribution in [3.8, 4) is 5.75 Å². The molecule has 0 saturated heterocycles. The third-order valence-corrected chi connectivity index (χ3v) is 11.8. The maximum absolute atomic E-state index is 14.2. The summed E-state index contributed by atoms with van der Waals surface area (Å²) in [7, 11) is -1.67. The molecule has 1 unspecified atom stereocenters. The molecule has 2 aliphatic heterocycles. The summed E-state index contributed by atoms with van der Waals surface area (Å²) in [6, 6.07) is 11.4. The number of hydrogen-bond donors (Lipinski definition) is 1. The smallest absolute Gasteiger partial charge is 0.286 e. The lowest BCUT2D eigenvalue weighted by molar-refractivity contribution is -0.119. The van der Waals surface area contributed by atoms with Crippen LogP contribution in [-0.4, -0.2) is 57.9 Å². The first-order valence-electron chi connectivity index (χ1n) is 17.3. The number of aromatic nitrogens is 2. The predicted molar refractivity (Wildman–Crippen MR) is 192 cm³/mol. The monoisotopic (exact) mass is 707 g/mol. The number of halogens is 1. The fraction of sp³-hybridized carbons (Fsp3) is 0.486. The summed E-state index contributed by atoms with van der Waals surface area (Å²) in [5, 5.41) is 4.94. The van der Waals surface area contributed by atoms with E-state index in [2.05, 4.69) is 43.4 Å². The van der Waals surface area contributed by atoms with Crippen LogP contribution in [0.2, 0.25) is 5.02 Å². The van der Waals surface area contributed by atoms with Crippen LogP contribution >= 0.6 is 11.6 Å². The summed E-state index contributed by atoms with van der Waals surface area (Å²) in [4.78, 5) is 29.2. The van der Waals surface area contributed by atoms with E-state index in [1.807, 2.05) is 31.3 Å². The van der Waals surface area contributed by atoms with Crippen LogP contribution in [0.5, 0.6) is 5.75 Å². The largest absolute Gasteiger partial charge is 0.491 e. The Morgan fingerprint density at radius 2 is 2.02 bits per heavy atom. The van der Waals surface area contributed by atoms with Gasteiger partial charge in [0.15, 0.2) is 0 Å². The summed E-state index contributed by atoms with van der Waals surface area (Å²) in [5.74, 6) is 0.356. The molecule has 1 aliphatic carbocycles. The lowest BCUT2D eigenvalue weighted by Gasteiger charge is -2.43. The van der Waals surface area contributed by atoms with Crippen LogP contribution in [-0.2, 0) is 39.0 Å². The predicted octanol–water partition coefficient (Wildman–Crippen LogP) is 6.69. The van der Waals surface area contributed by atoms with Gasteiger partial charge in [-0.15, -0.1) is 4.36 Å². The van der Waals surface area contributed by atoms with Gasteiger partial charge in [0.05, 0.1) is 30.3 Å². The maximum Gasteiger partial charge on any atom is 0.286 e. The zero-order valence-corrected chi connectivity index (χ0v) is 29.9. The highest BCUT2D eigenvalue weighted by Gasteiger charge is 2.38. The van der Waals surface area contributed by atoms with Gasteiger partial charge < -0.3 is 14.4 Å². The van der Waals surface area contributed by atoms with Crippen molar-refractivity contribution >= 4 is 39.0 Å². The van der Waals surface area contributed by atoms with E-state index >= 15 is 0 Å². The van der Waals surface area contributed by atoms with Gasteiger partial charge in [0.2, 0.25) is 5.91 Å². The maximum atomic E-state index is 14.2. The molecule has 1 aromatic heterocycles. The normalized spacial score (nSPS) is 25.3. The Bertz CT molecular complexity index is 1820. The first kappa shape index (κ1) is 35.2. The lowest BCUT2D eigenvalue weighted by atomic mass is 9.70. The molecule has 1 saturated carbocycles. The molecule has 2 amide bonds. The molecule has 4 atom stereocenters. The van der Waals surface area contributed by atoms with Gasteiger partial charge in [-0.25, -0.2) is 4.21 Å². The van der Waals surface area contributed by atoms with E-state index in [1.165, 1.54) is 11.1 Å². The fourth-order valence-electron chi connectivity index (χ4n) is 6.96. The van der Waals surface area contributed by atoms with Gasteiger partial charge >= 0.3 is 0 Å². The number of methoxy groups -OCH3 is 1. The van der Waals surface area contributed by atoms with E-state index in [0.717, 1.165) is 49.9 Å². The number of nitrogens with one attached hydrogen (secondary N) is 1. The quantitative estimate of drug-likeness (QED) is 0.294. The van der Waals surface area contributed by atoms with Gasteiger partial charge in [0.1, 0.15) is 15.7 Å². The number of rotatable bonds is 5. The van der Waals surface area contributed by atoms with Crippen molar-refractivity contribution in [2.24, 2.45) is 16.2 Å². The van der Waals surface area contributed by atoms with Gasteiger partial charge in [-0.1, -0.05) is 29.8 Å². The van der Waals surface area contributed by atoms with Gasteiger partial charge in [-0.3, -0.25) is 19.0 Å². The van der Waals surface area contributed by atoms with Crippen LogP contribution in [0.1, 0.15) is 72.0 Å². The number of amides is 2. The van der Waals surface area contributed by atoms with Gasteiger partial charge in [0, 0.05) is 49.9 Å². The Kier molecular flexibility index (Phi) is 11.4. The van der Waals surface area contributed by atoms with E-state index in [4.69, 9.17) is 21.1 Å². The molecule has 2 aromatic carbocycles. The highest BCUT2D eigenvalue weighted by molar-refractivity contribution is 7.92. The molecule has 0 radical (unpaired) electrons. The number of fused-ring (bicyclic) bond motifs is 3. The van der Waals surface area contributed by atoms with Crippen LogP contribution in [0.25, 0.3) is 0 Å². The van der Waals surface area contributed by atoms with Crippen LogP contribution in [0.3, 0.4) is 0 Å². The number of anilines is 1. The van der Waals surface area contributed by atoms with Crippen molar-refractivity contribution in [3.05, 3.63) is 88.2 Å². The van der Waals surface area contributed by atoms with Crippen molar-refractivity contribution in [3.63, 3.8) is 0 Å². The number of carbonyl (C=O) groups is 2. The molecule has 3 aromatic rings. The fourth-order valence-corrected chi connectivity index (χ4v) is 8.78. The number of benzene rings is 2. The van der Waals surface area contributed by atoms with E-state index in [9.17, 15) is 13.8 Å². The highest BCUT2D eigenvalue weighted by atomic mass is 35.5. The molecule has 3 aliphatic rings. The topological polar surface area (TPSA) is 115 Å². The third kappa shape index (κ3) is 8.93. The molecule has 49 heavy (non-hydrogen) atoms. The van der Waals surface area contributed by atoms with Crippen LogP contribution in [0.4, 0.5) is 5.69 Å². The Morgan fingerprint density at radius 1 is 1.14 bits per heavy atom. The summed E-state index contributed by atoms with van der Waals surface area (Å²) >= 11 is 6.45. The molecule has 10 nitrogen and oxygen atoms in total. The minimum absolute atomic E-state index is 0.0406. The lowest BCUT2D eigenvalue weighted by Crippen LogP contribution is -2.43. The number of nitrogens with zero attached hydrogens (tertiary/aromatic N) is 4. The number of carbonyl (C=O) groups excluding carboxylic acids is 2. The van der Waals surface area contributed by atoms with Gasteiger partial charge in [0.25, 0.3) is 5.91 Å². The van der Waals surface area contributed by atoms with Crippen LogP contribution < -0.4 is 14.4 Å². The summed E-state index contributed by atoms with van der Waals surface area (Å²) in [5.41, 5.74) is 4.46. The second-order valence-electron chi connectivity index (χ2n) is 13.4. The van der Waals surface area contributed by atoms with Crippen molar-refractivity contribution in [2.45, 2.75) is 77.5 Å². The molecule has 262 valence electrons. The van der Waals surface area contributed by atoms with Crippen molar-refractivity contribution in [1.82, 2.24) is 14.5 Å². The first-order chi connectivity index (χ1) is 23.7. The highest BCUT2D eigenvalue weighted by Crippen LogP contribution is 2.42. The van der Waals surface area contributed by atoms with Crippen molar-refractivity contribution in [1.29, 1.82) is 0 Å². The molecule has 0 spiro atoms. The number of ether oxygens (including phenoxy) is 2. The molecular weight excluding hydrogens is 662 g/mol. The molecule has 2 bridgehead atoms. The Balaban J connectivity index is 1.37. The van der Waals surface area contributed by atoms with E-state index in [-0.39, 0.29) is 18.3 Å². The summed E-state index contributed by atoms with van der Waals surface area (Å²) in [6.45, 7) is 4.13. The van der Waals surface area contributed by atoms with E-state index in [1.54, 1.807) is 24.1 Å². The molecule has 1 fully saturated rings. The average molecular weight is 708 g/mol. The zero-order valence-electron chi connectivity index (χ0n) is 28.3. The van der Waals surface area contributed by atoms with Crippen LogP contribution in [0.15, 0.2) is 65.3 Å². The summed E-state index contributed by atoms with van der Waals surface area (Å²) in [6.07, 6.45) is 13.7. The molecule has 3 heterocycles. The number of hydrogen-bond acceptors (Lipinski definition) is 7. The number of allylic oxidation sites excluding steroid dienone is 1. The van der Waals surface area contributed by atoms with E-state index < -0.39 is 21.7 Å². The first-order valence-corrected chi connectivity index (χ1v) is 19.3. The van der Waals surface area contributed by atoms with Crippen LogP contribution in [0, 0.1) is 18.8 Å². The second kappa shape index (κ2) is 15.9. The zero-order chi connectivity index (χ0) is 34.4. The van der Waals surface area contributed by atoms with E-state index in [0.29, 0.717) is 60.7 Å². The molecule has 1 N–H and O–H groups in total. The second-order valence-corrected chi connectivity index (χ2v) is 15.9.